The molecule has 0 saturated carbocycles. The van der Waals surface area contributed by atoms with Gasteiger partial charge in [-0.05, 0) is 30.7 Å². The molecule has 0 radical (unpaired) electrons. The molecule has 5 nitrogen and oxygen atoms in total. The number of aromatic nitrogens is 1. The Morgan fingerprint density at radius 3 is 2.87 bits per heavy atom. The van der Waals surface area contributed by atoms with Gasteiger partial charge in [0.2, 0.25) is 0 Å². The van der Waals surface area contributed by atoms with Crippen molar-refractivity contribution in [2.75, 3.05) is 45.3 Å². The zero-order valence-corrected chi connectivity index (χ0v) is 13.9. The average molecular weight is 315 g/mol. The number of methoxy groups -OCH3 is 1. The Morgan fingerprint density at radius 2 is 2.13 bits per heavy atom. The summed E-state index contributed by atoms with van der Waals surface area (Å²) in [5, 5.41) is 4.80. The van der Waals surface area contributed by atoms with Gasteiger partial charge in [0.15, 0.2) is 0 Å². The summed E-state index contributed by atoms with van der Waals surface area (Å²) in [6, 6.07) is 8.45. The lowest BCUT2D eigenvalue weighted by Gasteiger charge is -2.31. The third-order valence-electron chi connectivity index (χ3n) is 4.38. The molecule has 124 valence electrons. The quantitative estimate of drug-likeness (QED) is 0.888. The van der Waals surface area contributed by atoms with Crippen molar-refractivity contribution >= 4 is 16.6 Å². The predicted octanol–water partition coefficient (Wildman–Crippen LogP) is 2.77. The molecule has 3 rings (SSSR count). The lowest BCUT2D eigenvalue weighted by atomic mass is 10.1. The molecule has 2 heterocycles. The van der Waals surface area contributed by atoms with Gasteiger partial charge < -0.3 is 14.8 Å². The molecule has 1 aromatic carbocycles. The summed E-state index contributed by atoms with van der Waals surface area (Å²) in [5.74, 6) is 0.856. The van der Waals surface area contributed by atoms with E-state index in [1.54, 1.807) is 7.11 Å². The average Bonchev–Trinajstić information content (AvgIpc) is 2.62. The summed E-state index contributed by atoms with van der Waals surface area (Å²) in [6.07, 6.45) is 2.93. The van der Waals surface area contributed by atoms with Crippen LogP contribution in [0.4, 0.5) is 5.69 Å². The molecule has 1 saturated heterocycles. The molecule has 23 heavy (non-hydrogen) atoms. The van der Waals surface area contributed by atoms with Crippen molar-refractivity contribution in [3.63, 3.8) is 0 Å². The SMILES string of the molecule is CCC(CN1CCOCC1)Nc1ccnc2ccc(OC)cc12. The van der Waals surface area contributed by atoms with Crippen LogP contribution in [0.1, 0.15) is 13.3 Å². The van der Waals surface area contributed by atoms with Crippen molar-refractivity contribution < 1.29 is 9.47 Å². The first-order valence-corrected chi connectivity index (χ1v) is 8.29. The Morgan fingerprint density at radius 1 is 1.30 bits per heavy atom. The normalized spacial score (nSPS) is 17.1. The topological polar surface area (TPSA) is 46.6 Å². The first-order chi connectivity index (χ1) is 11.3. The highest BCUT2D eigenvalue weighted by atomic mass is 16.5. The van der Waals surface area contributed by atoms with E-state index in [-0.39, 0.29) is 0 Å². The zero-order chi connectivity index (χ0) is 16.1. The molecule has 0 spiro atoms. The summed E-state index contributed by atoms with van der Waals surface area (Å²) in [4.78, 5) is 6.91. The molecule has 1 aliphatic heterocycles. The minimum absolute atomic E-state index is 0.407. The van der Waals surface area contributed by atoms with Gasteiger partial charge >= 0.3 is 0 Å². The summed E-state index contributed by atoms with van der Waals surface area (Å²) < 4.78 is 10.8. The Balaban J connectivity index is 1.78. The fourth-order valence-corrected chi connectivity index (χ4v) is 2.97. The second-order valence-electron chi connectivity index (χ2n) is 5.90. The maximum atomic E-state index is 5.43. The van der Waals surface area contributed by atoms with Crippen molar-refractivity contribution in [1.82, 2.24) is 9.88 Å². The number of morpholine rings is 1. The molecule has 1 unspecified atom stereocenters. The predicted molar refractivity (Wildman–Crippen MR) is 93.3 cm³/mol. The summed E-state index contributed by atoms with van der Waals surface area (Å²) >= 11 is 0. The number of rotatable bonds is 6. The van der Waals surface area contributed by atoms with Gasteiger partial charge in [-0.2, -0.15) is 0 Å². The standard InChI is InChI=1S/C18H25N3O2/c1-3-14(13-21-8-10-23-11-9-21)20-18-6-7-19-17-5-4-15(22-2)12-16(17)18/h4-7,12,14H,3,8-11,13H2,1-2H3,(H,19,20). The van der Waals surface area contributed by atoms with Crippen LogP contribution in [0.2, 0.25) is 0 Å². The van der Waals surface area contributed by atoms with Crippen LogP contribution in [0, 0.1) is 0 Å². The molecule has 1 atom stereocenters. The van der Waals surface area contributed by atoms with Crippen molar-refractivity contribution in [1.29, 1.82) is 0 Å². The smallest absolute Gasteiger partial charge is 0.119 e. The second-order valence-corrected chi connectivity index (χ2v) is 5.90. The number of pyridine rings is 1. The molecule has 2 aromatic rings. The van der Waals surface area contributed by atoms with Gasteiger partial charge in [0.25, 0.3) is 0 Å². The Bertz CT molecular complexity index is 641. The largest absolute Gasteiger partial charge is 0.497 e. The third kappa shape index (κ3) is 3.92. The number of anilines is 1. The molecule has 0 amide bonds. The molecule has 0 bridgehead atoms. The summed E-state index contributed by atoms with van der Waals surface area (Å²) in [5.41, 5.74) is 2.10. The minimum Gasteiger partial charge on any atom is -0.497 e. The number of hydrogen-bond acceptors (Lipinski definition) is 5. The Kier molecular flexibility index (Phi) is 5.31. The van der Waals surface area contributed by atoms with Crippen molar-refractivity contribution in [2.45, 2.75) is 19.4 Å². The molecule has 1 fully saturated rings. The van der Waals surface area contributed by atoms with Gasteiger partial charge in [0.1, 0.15) is 5.75 Å². The monoisotopic (exact) mass is 315 g/mol. The van der Waals surface area contributed by atoms with Gasteiger partial charge in [0, 0.05) is 42.9 Å². The van der Waals surface area contributed by atoms with Gasteiger partial charge in [-0.3, -0.25) is 9.88 Å². The van der Waals surface area contributed by atoms with E-state index < -0.39 is 0 Å². The van der Waals surface area contributed by atoms with Gasteiger partial charge in [-0.15, -0.1) is 0 Å². The van der Waals surface area contributed by atoms with Crippen LogP contribution in [0.3, 0.4) is 0 Å². The molecule has 0 aliphatic carbocycles. The first kappa shape index (κ1) is 16.0. The van der Waals surface area contributed by atoms with Gasteiger partial charge in [0.05, 0.1) is 25.8 Å². The highest BCUT2D eigenvalue weighted by Gasteiger charge is 2.16. The number of hydrogen-bond donors (Lipinski definition) is 1. The number of nitrogens with one attached hydrogen (secondary N) is 1. The number of benzene rings is 1. The van der Waals surface area contributed by atoms with E-state index in [4.69, 9.17) is 9.47 Å². The van der Waals surface area contributed by atoms with E-state index in [0.29, 0.717) is 6.04 Å². The molecular weight excluding hydrogens is 290 g/mol. The summed E-state index contributed by atoms with van der Waals surface area (Å²) in [6.45, 7) is 6.97. The third-order valence-corrected chi connectivity index (χ3v) is 4.38. The number of nitrogens with zero attached hydrogens (tertiary/aromatic N) is 2. The van der Waals surface area contributed by atoms with Crippen LogP contribution in [-0.4, -0.2) is 55.9 Å². The summed E-state index contributed by atoms with van der Waals surface area (Å²) in [7, 11) is 1.69. The van der Waals surface area contributed by atoms with Crippen molar-refractivity contribution in [2.24, 2.45) is 0 Å². The van der Waals surface area contributed by atoms with E-state index in [2.05, 4.69) is 22.1 Å². The van der Waals surface area contributed by atoms with Crippen LogP contribution in [0.5, 0.6) is 5.75 Å². The Labute approximate surface area is 137 Å². The van der Waals surface area contributed by atoms with E-state index in [0.717, 1.165) is 61.6 Å². The van der Waals surface area contributed by atoms with E-state index >= 15 is 0 Å². The van der Waals surface area contributed by atoms with Gasteiger partial charge in [-0.25, -0.2) is 0 Å². The zero-order valence-electron chi connectivity index (χ0n) is 13.9. The van der Waals surface area contributed by atoms with Crippen LogP contribution in [-0.2, 0) is 4.74 Å². The van der Waals surface area contributed by atoms with Crippen molar-refractivity contribution in [3.8, 4) is 5.75 Å². The second kappa shape index (κ2) is 7.62. The lowest BCUT2D eigenvalue weighted by Crippen LogP contribution is -2.43. The minimum atomic E-state index is 0.407. The number of ether oxygens (including phenoxy) is 2. The van der Waals surface area contributed by atoms with E-state index in [1.807, 2.05) is 30.5 Å². The maximum Gasteiger partial charge on any atom is 0.119 e. The van der Waals surface area contributed by atoms with E-state index in [1.165, 1.54) is 0 Å². The van der Waals surface area contributed by atoms with Crippen LogP contribution >= 0.6 is 0 Å². The fraction of sp³-hybridized carbons (Fsp3) is 0.500. The number of fused-ring (bicyclic) bond motifs is 1. The molecule has 5 heteroatoms. The van der Waals surface area contributed by atoms with Crippen LogP contribution < -0.4 is 10.1 Å². The fourth-order valence-electron chi connectivity index (χ4n) is 2.97. The van der Waals surface area contributed by atoms with Crippen LogP contribution in [0.25, 0.3) is 10.9 Å². The molecule has 1 aromatic heterocycles. The maximum absolute atomic E-state index is 5.43. The molecule has 1 aliphatic rings. The highest BCUT2D eigenvalue weighted by molar-refractivity contribution is 5.92. The first-order valence-electron chi connectivity index (χ1n) is 8.29. The lowest BCUT2D eigenvalue weighted by molar-refractivity contribution is 0.0360. The molecule has 1 N–H and O–H groups in total. The van der Waals surface area contributed by atoms with Gasteiger partial charge in [-0.1, -0.05) is 6.92 Å². The van der Waals surface area contributed by atoms with Crippen LogP contribution in [0.15, 0.2) is 30.5 Å². The van der Waals surface area contributed by atoms with E-state index in [9.17, 15) is 0 Å². The highest BCUT2D eigenvalue weighted by Crippen LogP contribution is 2.26. The van der Waals surface area contributed by atoms with Crippen molar-refractivity contribution in [3.05, 3.63) is 30.5 Å². The Hall–Kier alpha value is -1.85. The molecular formula is C18H25N3O2.